The van der Waals surface area contributed by atoms with Crippen LogP contribution < -0.4 is 0 Å². The summed E-state index contributed by atoms with van der Waals surface area (Å²) in [6.45, 7) is 4.50. The second-order valence-corrected chi connectivity index (χ2v) is 3.62. The van der Waals surface area contributed by atoms with Crippen molar-refractivity contribution in [3.63, 3.8) is 0 Å². The summed E-state index contributed by atoms with van der Waals surface area (Å²) in [5.41, 5.74) is 1.57. The second-order valence-electron chi connectivity index (χ2n) is 3.62. The van der Waals surface area contributed by atoms with Crippen molar-refractivity contribution < 1.29 is 4.74 Å². The molecule has 1 unspecified atom stereocenters. The first-order chi connectivity index (χ1) is 6.31. The molecule has 0 aromatic rings. The summed E-state index contributed by atoms with van der Waals surface area (Å²) >= 11 is 0. The SMILES string of the molecule is CCCC1=CC(OC)=CCC1CC. The van der Waals surface area contributed by atoms with Gasteiger partial charge in [-0.25, -0.2) is 0 Å². The van der Waals surface area contributed by atoms with Crippen molar-refractivity contribution in [2.75, 3.05) is 7.11 Å². The zero-order valence-corrected chi connectivity index (χ0v) is 8.97. The van der Waals surface area contributed by atoms with Gasteiger partial charge in [-0.1, -0.05) is 25.8 Å². The maximum atomic E-state index is 5.25. The Hall–Kier alpha value is -0.720. The summed E-state index contributed by atoms with van der Waals surface area (Å²) in [4.78, 5) is 0. The predicted octanol–water partition coefficient (Wildman–Crippen LogP) is 3.67. The molecule has 1 rings (SSSR count). The fraction of sp³-hybridized carbons (Fsp3) is 0.667. The van der Waals surface area contributed by atoms with Gasteiger partial charge in [0.2, 0.25) is 0 Å². The lowest BCUT2D eigenvalue weighted by atomic mass is 9.86. The number of allylic oxidation sites excluding steroid dienone is 3. The molecule has 0 bridgehead atoms. The molecular formula is C12H20O. The molecule has 13 heavy (non-hydrogen) atoms. The van der Waals surface area contributed by atoms with E-state index in [2.05, 4.69) is 26.0 Å². The zero-order chi connectivity index (χ0) is 9.68. The highest BCUT2D eigenvalue weighted by Crippen LogP contribution is 2.29. The highest BCUT2D eigenvalue weighted by atomic mass is 16.5. The molecular weight excluding hydrogens is 160 g/mol. The molecule has 1 aliphatic rings. The molecule has 74 valence electrons. The Labute approximate surface area is 81.5 Å². The van der Waals surface area contributed by atoms with Crippen molar-refractivity contribution in [1.29, 1.82) is 0 Å². The lowest BCUT2D eigenvalue weighted by molar-refractivity contribution is 0.299. The van der Waals surface area contributed by atoms with Gasteiger partial charge >= 0.3 is 0 Å². The van der Waals surface area contributed by atoms with Crippen molar-refractivity contribution in [2.24, 2.45) is 5.92 Å². The number of ether oxygens (including phenoxy) is 1. The standard InChI is InChI=1S/C12H20O/c1-4-6-11-9-12(13-3)8-7-10(11)5-2/h8-10H,4-7H2,1-3H3. The van der Waals surface area contributed by atoms with E-state index >= 15 is 0 Å². The summed E-state index contributed by atoms with van der Waals surface area (Å²) in [6.07, 6.45) is 9.29. The van der Waals surface area contributed by atoms with E-state index in [1.165, 1.54) is 19.3 Å². The quantitative estimate of drug-likeness (QED) is 0.641. The molecule has 0 heterocycles. The van der Waals surface area contributed by atoms with Crippen LogP contribution in [0.1, 0.15) is 39.5 Å². The van der Waals surface area contributed by atoms with Gasteiger partial charge in [-0.05, 0) is 37.3 Å². The first-order valence-corrected chi connectivity index (χ1v) is 5.26. The normalized spacial score (nSPS) is 22.2. The Kier molecular flexibility index (Phi) is 4.07. The van der Waals surface area contributed by atoms with Crippen LogP contribution in [0.4, 0.5) is 0 Å². The Bertz CT molecular complexity index is 213. The van der Waals surface area contributed by atoms with Gasteiger partial charge in [0.05, 0.1) is 7.11 Å². The van der Waals surface area contributed by atoms with Crippen molar-refractivity contribution in [2.45, 2.75) is 39.5 Å². The fourth-order valence-electron chi connectivity index (χ4n) is 1.91. The van der Waals surface area contributed by atoms with Crippen LogP contribution in [0.5, 0.6) is 0 Å². The van der Waals surface area contributed by atoms with E-state index in [1.807, 2.05) is 0 Å². The van der Waals surface area contributed by atoms with E-state index in [0.29, 0.717) is 0 Å². The van der Waals surface area contributed by atoms with Crippen LogP contribution in [0, 0.1) is 5.92 Å². The highest BCUT2D eigenvalue weighted by Gasteiger charge is 2.15. The molecule has 0 saturated carbocycles. The Balaban J connectivity index is 2.68. The summed E-state index contributed by atoms with van der Waals surface area (Å²) in [6, 6.07) is 0. The molecule has 0 spiro atoms. The minimum absolute atomic E-state index is 0.763. The summed E-state index contributed by atoms with van der Waals surface area (Å²) in [5.74, 6) is 1.81. The third-order valence-corrected chi connectivity index (χ3v) is 2.72. The van der Waals surface area contributed by atoms with Gasteiger partial charge in [-0.3, -0.25) is 0 Å². The molecule has 0 radical (unpaired) electrons. The van der Waals surface area contributed by atoms with E-state index in [1.54, 1.807) is 12.7 Å². The molecule has 0 amide bonds. The van der Waals surface area contributed by atoms with E-state index in [0.717, 1.165) is 18.1 Å². The highest BCUT2D eigenvalue weighted by molar-refractivity contribution is 5.25. The Morgan fingerprint density at radius 3 is 2.77 bits per heavy atom. The molecule has 1 heteroatoms. The molecule has 0 aromatic heterocycles. The van der Waals surface area contributed by atoms with Crippen LogP contribution in [0.25, 0.3) is 0 Å². The summed E-state index contributed by atoms with van der Waals surface area (Å²) in [5, 5.41) is 0. The van der Waals surface area contributed by atoms with Crippen LogP contribution >= 0.6 is 0 Å². The number of hydrogen-bond acceptors (Lipinski definition) is 1. The largest absolute Gasteiger partial charge is 0.497 e. The lowest BCUT2D eigenvalue weighted by Crippen LogP contribution is -2.07. The third kappa shape index (κ3) is 2.61. The molecule has 1 aliphatic carbocycles. The number of rotatable bonds is 4. The predicted molar refractivity (Wildman–Crippen MR) is 56.5 cm³/mol. The van der Waals surface area contributed by atoms with Gasteiger partial charge in [-0.2, -0.15) is 0 Å². The first-order valence-electron chi connectivity index (χ1n) is 5.26. The van der Waals surface area contributed by atoms with Gasteiger partial charge < -0.3 is 4.74 Å². The van der Waals surface area contributed by atoms with E-state index in [9.17, 15) is 0 Å². The van der Waals surface area contributed by atoms with Gasteiger partial charge in [0, 0.05) is 0 Å². The minimum Gasteiger partial charge on any atom is -0.497 e. The zero-order valence-electron chi connectivity index (χ0n) is 8.97. The average molecular weight is 180 g/mol. The fourth-order valence-corrected chi connectivity index (χ4v) is 1.91. The smallest absolute Gasteiger partial charge is 0.114 e. The molecule has 1 nitrogen and oxygen atoms in total. The van der Waals surface area contributed by atoms with E-state index < -0.39 is 0 Å². The average Bonchev–Trinajstić information content (AvgIpc) is 2.18. The molecule has 0 saturated heterocycles. The van der Waals surface area contributed by atoms with Crippen molar-refractivity contribution >= 4 is 0 Å². The maximum Gasteiger partial charge on any atom is 0.114 e. The van der Waals surface area contributed by atoms with Gasteiger partial charge in [0.15, 0.2) is 0 Å². The topological polar surface area (TPSA) is 9.23 Å². The number of hydrogen-bond donors (Lipinski definition) is 0. The molecule has 1 atom stereocenters. The van der Waals surface area contributed by atoms with E-state index in [4.69, 9.17) is 4.74 Å². The maximum absolute atomic E-state index is 5.25. The second kappa shape index (κ2) is 5.11. The molecule has 0 fully saturated rings. The summed E-state index contributed by atoms with van der Waals surface area (Å²) in [7, 11) is 1.75. The monoisotopic (exact) mass is 180 g/mol. The number of methoxy groups -OCH3 is 1. The minimum atomic E-state index is 0.763. The summed E-state index contributed by atoms with van der Waals surface area (Å²) < 4.78 is 5.25. The van der Waals surface area contributed by atoms with Crippen LogP contribution in [-0.4, -0.2) is 7.11 Å². The van der Waals surface area contributed by atoms with Crippen molar-refractivity contribution in [3.05, 3.63) is 23.5 Å². The molecule has 0 aromatic carbocycles. The lowest BCUT2D eigenvalue weighted by Gasteiger charge is -2.21. The molecule has 0 aliphatic heterocycles. The van der Waals surface area contributed by atoms with Crippen LogP contribution in [-0.2, 0) is 4.74 Å². The third-order valence-electron chi connectivity index (χ3n) is 2.72. The van der Waals surface area contributed by atoms with Crippen LogP contribution in [0.15, 0.2) is 23.5 Å². The first kappa shape index (κ1) is 10.4. The Morgan fingerprint density at radius 2 is 2.23 bits per heavy atom. The Morgan fingerprint density at radius 1 is 1.46 bits per heavy atom. The van der Waals surface area contributed by atoms with E-state index in [-0.39, 0.29) is 0 Å². The van der Waals surface area contributed by atoms with Gasteiger partial charge in [0.1, 0.15) is 5.76 Å². The van der Waals surface area contributed by atoms with Crippen molar-refractivity contribution in [1.82, 2.24) is 0 Å². The molecule has 0 N–H and O–H groups in total. The van der Waals surface area contributed by atoms with Gasteiger partial charge in [0.25, 0.3) is 0 Å². The van der Waals surface area contributed by atoms with Gasteiger partial charge in [-0.15, -0.1) is 0 Å². The van der Waals surface area contributed by atoms with Crippen LogP contribution in [0.3, 0.4) is 0 Å². The van der Waals surface area contributed by atoms with Crippen molar-refractivity contribution in [3.8, 4) is 0 Å². The van der Waals surface area contributed by atoms with Crippen LogP contribution in [0.2, 0.25) is 0 Å².